The SMILES string of the molecule is C[Si](C)(C)CCOCN(c1ccc2ncc(Nc3cncc(N4CCCCC4)c3)cc2n1)c1nnc(C2CCCC2)s1. The summed E-state index contributed by atoms with van der Waals surface area (Å²) in [6.07, 6.45) is 14.4. The van der Waals surface area contributed by atoms with Crippen LogP contribution in [0.3, 0.4) is 0 Å². The lowest BCUT2D eigenvalue weighted by atomic mass is 10.1. The van der Waals surface area contributed by atoms with Gasteiger partial charge in [-0.05, 0) is 62.4 Å². The van der Waals surface area contributed by atoms with Gasteiger partial charge in [-0.3, -0.25) is 14.9 Å². The predicted octanol–water partition coefficient (Wildman–Crippen LogP) is 7.72. The van der Waals surface area contributed by atoms with Crippen molar-refractivity contribution in [3.8, 4) is 0 Å². The molecule has 222 valence electrons. The fraction of sp³-hybridized carbons (Fsp3) is 0.516. The highest BCUT2D eigenvalue weighted by molar-refractivity contribution is 7.15. The quantitative estimate of drug-likeness (QED) is 0.105. The first-order valence-corrected chi connectivity index (χ1v) is 19.9. The maximum absolute atomic E-state index is 6.21. The number of ether oxygens (including phenoxy) is 1. The van der Waals surface area contributed by atoms with E-state index in [2.05, 4.69) is 56.0 Å². The fourth-order valence-corrected chi connectivity index (χ4v) is 7.40. The van der Waals surface area contributed by atoms with E-state index in [4.69, 9.17) is 14.7 Å². The number of hydrogen-bond donors (Lipinski definition) is 1. The lowest BCUT2D eigenvalue weighted by Crippen LogP contribution is -2.29. The third kappa shape index (κ3) is 7.24. The number of pyridine rings is 3. The van der Waals surface area contributed by atoms with E-state index >= 15 is 0 Å². The normalized spacial score (nSPS) is 16.3. The van der Waals surface area contributed by atoms with Crippen LogP contribution in [0.5, 0.6) is 0 Å². The van der Waals surface area contributed by atoms with Crippen LogP contribution in [0.1, 0.15) is 55.9 Å². The average Bonchev–Trinajstić information content (AvgIpc) is 3.70. The van der Waals surface area contributed by atoms with Gasteiger partial charge in [0.2, 0.25) is 5.13 Å². The first-order valence-electron chi connectivity index (χ1n) is 15.3. The number of fused-ring (bicyclic) bond motifs is 1. The molecule has 11 heteroatoms. The Labute approximate surface area is 253 Å². The Morgan fingerprint density at radius 1 is 0.952 bits per heavy atom. The maximum Gasteiger partial charge on any atom is 0.215 e. The molecule has 5 heterocycles. The first-order chi connectivity index (χ1) is 20.4. The molecule has 2 fully saturated rings. The van der Waals surface area contributed by atoms with Crippen LogP contribution in [0, 0.1) is 0 Å². The molecule has 1 saturated heterocycles. The third-order valence-electron chi connectivity index (χ3n) is 8.11. The van der Waals surface area contributed by atoms with E-state index < -0.39 is 8.07 Å². The molecule has 0 spiro atoms. The minimum absolute atomic E-state index is 0.391. The molecule has 2 aliphatic rings. The van der Waals surface area contributed by atoms with Gasteiger partial charge in [0, 0.05) is 33.7 Å². The smallest absolute Gasteiger partial charge is 0.215 e. The molecule has 1 saturated carbocycles. The standard InChI is InChI=1S/C31H42N8OSSi/c1-42(2,3)16-15-40-22-39(31-37-36-30(41-31)23-9-5-6-10-23)29-12-11-27-28(35-29)18-25(20-33-27)34-24-17-26(21-32-19-24)38-13-7-4-8-14-38/h11-12,17-21,23,34H,4-10,13-16,22H2,1-3H3. The zero-order valence-corrected chi connectivity index (χ0v) is 26.9. The van der Waals surface area contributed by atoms with Gasteiger partial charge in [0.05, 0.1) is 46.7 Å². The minimum atomic E-state index is -1.20. The summed E-state index contributed by atoms with van der Waals surface area (Å²) in [5.74, 6) is 1.31. The summed E-state index contributed by atoms with van der Waals surface area (Å²) in [7, 11) is -1.20. The number of anilines is 5. The molecule has 4 aromatic rings. The highest BCUT2D eigenvalue weighted by atomic mass is 32.1. The van der Waals surface area contributed by atoms with Crippen LogP contribution in [0.25, 0.3) is 11.0 Å². The molecule has 4 aromatic heterocycles. The Hall–Kier alpha value is -3.15. The second-order valence-electron chi connectivity index (χ2n) is 12.7. The number of rotatable bonds is 11. The molecule has 0 aromatic carbocycles. The molecule has 0 bridgehead atoms. The molecular weight excluding hydrogens is 561 g/mol. The highest BCUT2D eigenvalue weighted by Crippen LogP contribution is 2.38. The highest BCUT2D eigenvalue weighted by Gasteiger charge is 2.24. The van der Waals surface area contributed by atoms with Gasteiger partial charge in [0.15, 0.2) is 0 Å². The average molecular weight is 603 g/mol. The largest absolute Gasteiger partial charge is 0.370 e. The van der Waals surface area contributed by atoms with Gasteiger partial charge >= 0.3 is 0 Å². The third-order valence-corrected chi connectivity index (χ3v) is 10.9. The van der Waals surface area contributed by atoms with E-state index in [-0.39, 0.29) is 0 Å². The van der Waals surface area contributed by atoms with Crippen molar-refractivity contribution < 1.29 is 4.74 Å². The van der Waals surface area contributed by atoms with Crippen LogP contribution in [-0.2, 0) is 4.74 Å². The van der Waals surface area contributed by atoms with Crippen molar-refractivity contribution in [1.82, 2.24) is 25.1 Å². The Bertz CT molecular complexity index is 1480. The Balaban J connectivity index is 1.24. The zero-order valence-electron chi connectivity index (χ0n) is 25.1. The van der Waals surface area contributed by atoms with Gasteiger partial charge in [0.25, 0.3) is 0 Å². The van der Waals surface area contributed by atoms with Crippen LogP contribution in [0.2, 0.25) is 25.7 Å². The Kier molecular flexibility index (Phi) is 8.97. The number of nitrogens with zero attached hydrogens (tertiary/aromatic N) is 7. The summed E-state index contributed by atoms with van der Waals surface area (Å²) >= 11 is 1.67. The second-order valence-corrected chi connectivity index (χ2v) is 19.3. The Morgan fingerprint density at radius 2 is 1.76 bits per heavy atom. The summed E-state index contributed by atoms with van der Waals surface area (Å²) < 4.78 is 6.21. The number of piperidine rings is 1. The topological polar surface area (TPSA) is 92.2 Å². The van der Waals surface area contributed by atoms with E-state index in [0.717, 1.165) is 69.8 Å². The predicted molar refractivity (Wildman–Crippen MR) is 175 cm³/mol. The number of hydrogen-bond acceptors (Lipinski definition) is 10. The molecule has 1 aliphatic carbocycles. The van der Waals surface area contributed by atoms with Crippen molar-refractivity contribution in [1.29, 1.82) is 0 Å². The van der Waals surface area contributed by atoms with Crippen LogP contribution >= 0.6 is 11.3 Å². The van der Waals surface area contributed by atoms with Gasteiger partial charge in [-0.2, -0.15) is 0 Å². The van der Waals surface area contributed by atoms with Gasteiger partial charge in [-0.15, -0.1) is 10.2 Å². The molecule has 0 radical (unpaired) electrons. The molecule has 0 atom stereocenters. The van der Waals surface area contributed by atoms with Crippen molar-refractivity contribution in [2.75, 3.05) is 41.5 Å². The van der Waals surface area contributed by atoms with Crippen LogP contribution < -0.4 is 15.1 Å². The van der Waals surface area contributed by atoms with E-state index in [0.29, 0.717) is 12.6 Å². The monoisotopic (exact) mass is 602 g/mol. The van der Waals surface area contributed by atoms with Crippen molar-refractivity contribution in [3.05, 3.63) is 47.9 Å². The van der Waals surface area contributed by atoms with Crippen molar-refractivity contribution >= 4 is 58.5 Å². The van der Waals surface area contributed by atoms with Gasteiger partial charge in [-0.25, -0.2) is 4.98 Å². The summed E-state index contributed by atoms with van der Waals surface area (Å²) in [6.45, 7) is 10.4. The summed E-state index contributed by atoms with van der Waals surface area (Å²) in [5, 5.41) is 14.7. The molecule has 1 aliphatic heterocycles. The molecule has 0 amide bonds. The van der Waals surface area contributed by atoms with E-state index in [1.165, 1.54) is 44.9 Å². The van der Waals surface area contributed by atoms with Gasteiger partial charge < -0.3 is 15.0 Å². The summed E-state index contributed by atoms with van der Waals surface area (Å²) in [5.41, 5.74) is 4.63. The van der Waals surface area contributed by atoms with Gasteiger partial charge in [-0.1, -0.05) is 43.8 Å². The van der Waals surface area contributed by atoms with Crippen molar-refractivity contribution in [2.24, 2.45) is 0 Å². The lowest BCUT2D eigenvalue weighted by molar-refractivity contribution is 0.153. The van der Waals surface area contributed by atoms with E-state index in [9.17, 15) is 0 Å². The van der Waals surface area contributed by atoms with Gasteiger partial charge in [0.1, 0.15) is 17.6 Å². The van der Waals surface area contributed by atoms with E-state index in [1.54, 1.807) is 11.3 Å². The first kappa shape index (κ1) is 28.9. The van der Waals surface area contributed by atoms with Crippen LogP contribution in [0.15, 0.2) is 42.9 Å². The van der Waals surface area contributed by atoms with Crippen LogP contribution in [-0.4, -0.2) is 59.7 Å². The number of aromatic nitrogens is 5. The van der Waals surface area contributed by atoms with Crippen LogP contribution in [0.4, 0.5) is 28.0 Å². The minimum Gasteiger partial charge on any atom is -0.370 e. The molecule has 42 heavy (non-hydrogen) atoms. The zero-order chi connectivity index (χ0) is 28.9. The second kappa shape index (κ2) is 13.0. The molecule has 1 N–H and O–H groups in total. The Morgan fingerprint density at radius 3 is 2.57 bits per heavy atom. The van der Waals surface area contributed by atoms with E-state index in [1.807, 2.05) is 36.8 Å². The lowest BCUT2D eigenvalue weighted by Gasteiger charge is -2.28. The van der Waals surface area contributed by atoms with Crippen molar-refractivity contribution in [2.45, 2.75) is 76.5 Å². The number of nitrogens with one attached hydrogen (secondary N) is 1. The van der Waals surface area contributed by atoms with Crippen molar-refractivity contribution in [3.63, 3.8) is 0 Å². The molecule has 9 nitrogen and oxygen atoms in total. The molecule has 0 unspecified atom stereocenters. The summed E-state index contributed by atoms with van der Waals surface area (Å²) in [6, 6.07) is 9.36. The summed E-state index contributed by atoms with van der Waals surface area (Å²) in [4.78, 5) is 18.7. The molecule has 6 rings (SSSR count). The molecular formula is C31H42N8OSSi. The maximum atomic E-state index is 6.21. The fourth-order valence-electron chi connectivity index (χ4n) is 5.63.